The Bertz CT molecular complexity index is 585. The summed E-state index contributed by atoms with van der Waals surface area (Å²) in [7, 11) is -1.78. The molecule has 1 saturated heterocycles. The predicted octanol–water partition coefficient (Wildman–Crippen LogP) is 2.44. The normalized spacial score (nSPS) is 23.0. The number of rotatable bonds is 4. The van der Waals surface area contributed by atoms with E-state index in [1.54, 1.807) is 24.0 Å². The minimum absolute atomic E-state index is 0.0522. The van der Waals surface area contributed by atoms with Crippen LogP contribution < -0.4 is 11.4 Å². The molecule has 22 heavy (non-hydrogen) atoms. The summed E-state index contributed by atoms with van der Waals surface area (Å²) in [4.78, 5) is 15.6. The van der Waals surface area contributed by atoms with Crippen LogP contribution in [0.5, 0.6) is 0 Å². The Kier molecular flexibility index (Phi) is 5.05. The van der Waals surface area contributed by atoms with Crippen molar-refractivity contribution in [1.82, 2.24) is 9.55 Å². The zero-order chi connectivity index (χ0) is 16.5. The lowest BCUT2D eigenvalue weighted by molar-refractivity contribution is -0.00410. The van der Waals surface area contributed by atoms with Crippen LogP contribution in [0.4, 0.5) is 5.82 Å². The van der Waals surface area contributed by atoms with Crippen molar-refractivity contribution in [3.63, 3.8) is 0 Å². The van der Waals surface area contributed by atoms with Gasteiger partial charge in [-0.05, 0) is 24.2 Å². The van der Waals surface area contributed by atoms with Gasteiger partial charge in [0.05, 0.1) is 6.61 Å². The van der Waals surface area contributed by atoms with Gasteiger partial charge in [0.25, 0.3) is 0 Å². The van der Waals surface area contributed by atoms with Crippen LogP contribution in [0.2, 0.25) is 18.1 Å². The van der Waals surface area contributed by atoms with Gasteiger partial charge in [-0.3, -0.25) is 4.57 Å². The van der Waals surface area contributed by atoms with Gasteiger partial charge in [0, 0.05) is 11.9 Å². The van der Waals surface area contributed by atoms with E-state index in [2.05, 4.69) is 38.8 Å². The Labute approximate surface area is 136 Å². The molecule has 0 unspecified atom stereocenters. The van der Waals surface area contributed by atoms with E-state index in [4.69, 9.17) is 14.9 Å². The Morgan fingerprint density at radius 1 is 1.55 bits per heavy atom. The first-order valence-corrected chi connectivity index (χ1v) is 11.3. The lowest BCUT2D eigenvalue weighted by Crippen LogP contribution is -2.42. The molecule has 0 radical (unpaired) electrons. The third-order valence-corrected chi connectivity index (χ3v) is 9.88. The molecule has 2 heterocycles. The van der Waals surface area contributed by atoms with Gasteiger partial charge in [0.1, 0.15) is 17.5 Å². The number of hydrogen-bond donors (Lipinski definition) is 1. The van der Waals surface area contributed by atoms with Crippen molar-refractivity contribution in [3.8, 4) is 0 Å². The molecule has 0 aromatic carbocycles. The standard InChI is InChI=1S/C14H25N3O3SSi/c1-14(2,3)22(4,5)19-8-12-20-11(9-21-12)17-7-6-10(15)16-13(17)18/h6-7,11-12H,8-9H2,1-5H3,(H2,15,16,18)/t11-,12-/m0/s1. The van der Waals surface area contributed by atoms with Gasteiger partial charge < -0.3 is 14.9 Å². The van der Waals surface area contributed by atoms with Crippen molar-refractivity contribution in [2.75, 3.05) is 18.1 Å². The monoisotopic (exact) mass is 343 g/mol. The summed E-state index contributed by atoms with van der Waals surface area (Å²) in [6.07, 6.45) is 1.33. The van der Waals surface area contributed by atoms with Crippen LogP contribution in [0.3, 0.4) is 0 Å². The summed E-state index contributed by atoms with van der Waals surface area (Å²) in [6.45, 7) is 11.6. The van der Waals surface area contributed by atoms with Crippen LogP contribution in [0.15, 0.2) is 17.1 Å². The molecule has 124 valence electrons. The van der Waals surface area contributed by atoms with Crippen LogP contribution in [0.1, 0.15) is 27.0 Å². The Balaban J connectivity index is 1.95. The van der Waals surface area contributed by atoms with E-state index in [0.29, 0.717) is 12.4 Å². The molecule has 0 aliphatic carbocycles. The number of nitrogen functional groups attached to an aromatic ring is 1. The summed E-state index contributed by atoms with van der Waals surface area (Å²) < 4.78 is 13.6. The summed E-state index contributed by atoms with van der Waals surface area (Å²) in [5.41, 5.74) is 5.07. The predicted molar refractivity (Wildman–Crippen MR) is 92.4 cm³/mol. The van der Waals surface area contributed by atoms with E-state index >= 15 is 0 Å². The number of aromatic nitrogens is 2. The number of thioether (sulfide) groups is 1. The molecule has 0 bridgehead atoms. The highest BCUT2D eigenvalue weighted by Crippen LogP contribution is 2.38. The van der Waals surface area contributed by atoms with Crippen molar-refractivity contribution >= 4 is 25.9 Å². The molecule has 0 saturated carbocycles. The van der Waals surface area contributed by atoms with Crippen molar-refractivity contribution in [1.29, 1.82) is 0 Å². The third kappa shape index (κ3) is 3.92. The van der Waals surface area contributed by atoms with E-state index in [0.717, 1.165) is 0 Å². The first kappa shape index (κ1) is 17.5. The molecule has 2 N–H and O–H groups in total. The largest absolute Gasteiger partial charge is 0.413 e. The molecule has 1 aromatic rings. The molecule has 2 atom stereocenters. The van der Waals surface area contributed by atoms with Crippen LogP contribution in [0, 0.1) is 0 Å². The second kappa shape index (κ2) is 6.35. The third-order valence-electron chi connectivity index (χ3n) is 4.28. The molecule has 1 aromatic heterocycles. The molecular formula is C14H25N3O3SSi. The smallest absolute Gasteiger partial charge is 0.351 e. The van der Waals surface area contributed by atoms with Gasteiger partial charge >= 0.3 is 5.69 Å². The van der Waals surface area contributed by atoms with E-state index in [-0.39, 0.29) is 28.2 Å². The summed E-state index contributed by atoms with van der Waals surface area (Å²) >= 11 is 1.67. The maximum atomic E-state index is 11.8. The van der Waals surface area contributed by atoms with Gasteiger partial charge in [0.2, 0.25) is 0 Å². The lowest BCUT2D eigenvalue weighted by atomic mass is 10.2. The fourth-order valence-corrected chi connectivity index (χ4v) is 3.93. The second-order valence-electron chi connectivity index (χ2n) is 6.97. The zero-order valence-electron chi connectivity index (χ0n) is 13.8. The number of hydrogen-bond acceptors (Lipinski definition) is 6. The van der Waals surface area contributed by atoms with E-state index < -0.39 is 8.32 Å². The molecule has 0 amide bonds. The summed E-state index contributed by atoms with van der Waals surface area (Å²) in [5.74, 6) is 0.932. The van der Waals surface area contributed by atoms with Crippen LogP contribution >= 0.6 is 11.8 Å². The summed E-state index contributed by atoms with van der Waals surface area (Å²) in [5, 5.41) is 0.174. The molecule has 6 nitrogen and oxygen atoms in total. The maximum absolute atomic E-state index is 11.8. The molecule has 8 heteroatoms. The number of nitrogens with two attached hydrogens (primary N) is 1. The lowest BCUT2D eigenvalue weighted by Gasteiger charge is -2.36. The molecule has 1 aliphatic heterocycles. The van der Waals surface area contributed by atoms with Crippen LogP contribution in [0.25, 0.3) is 0 Å². The first-order chi connectivity index (χ1) is 10.1. The Hall–Kier alpha value is -0.833. The molecular weight excluding hydrogens is 318 g/mol. The summed E-state index contributed by atoms with van der Waals surface area (Å²) in [6, 6.07) is 1.61. The Morgan fingerprint density at radius 2 is 2.23 bits per heavy atom. The maximum Gasteiger partial charge on any atom is 0.351 e. The number of anilines is 1. The van der Waals surface area contributed by atoms with Gasteiger partial charge in [-0.25, -0.2) is 4.79 Å². The van der Waals surface area contributed by atoms with Gasteiger partial charge in [-0.2, -0.15) is 4.98 Å². The Morgan fingerprint density at radius 3 is 2.82 bits per heavy atom. The van der Waals surface area contributed by atoms with Crippen molar-refractivity contribution in [2.45, 2.75) is 50.6 Å². The average Bonchev–Trinajstić information content (AvgIpc) is 2.83. The SMILES string of the molecule is CC(C)(C)[Si](C)(C)OC[C@H]1O[C@H](n2ccc(N)nc2=O)CS1. The minimum Gasteiger partial charge on any atom is -0.413 e. The van der Waals surface area contributed by atoms with Crippen molar-refractivity contribution in [2.24, 2.45) is 0 Å². The molecule has 0 spiro atoms. The van der Waals surface area contributed by atoms with E-state index in [9.17, 15) is 4.79 Å². The number of ether oxygens (including phenoxy) is 1. The fraction of sp³-hybridized carbons (Fsp3) is 0.714. The van der Waals surface area contributed by atoms with Crippen molar-refractivity contribution < 1.29 is 9.16 Å². The number of nitrogens with zero attached hydrogens (tertiary/aromatic N) is 2. The van der Waals surface area contributed by atoms with Crippen molar-refractivity contribution in [3.05, 3.63) is 22.7 Å². The van der Waals surface area contributed by atoms with Gasteiger partial charge in [0.15, 0.2) is 8.32 Å². The van der Waals surface area contributed by atoms with E-state index in [1.807, 2.05) is 0 Å². The van der Waals surface area contributed by atoms with Crippen LogP contribution in [-0.2, 0) is 9.16 Å². The second-order valence-corrected chi connectivity index (χ2v) is 13.0. The minimum atomic E-state index is -1.78. The van der Waals surface area contributed by atoms with Gasteiger partial charge in [-0.15, -0.1) is 11.8 Å². The fourth-order valence-electron chi connectivity index (χ4n) is 1.81. The average molecular weight is 344 g/mol. The topological polar surface area (TPSA) is 79.4 Å². The van der Waals surface area contributed by atoms with Gasteiger partial charge in [-0.1, -0.05) is 20.8 Å². The van der Waals surface area contributed by atoms with E-state index in [1.165, 1.54) is 4.57 Å². The quantitative estimate of drug-likeness (QED) is 0.846. The highest BCUT2D eigenvalue weighted by atomic mass is 32.2. The zero-order valence-corrected chi connectivity index (χ0v) is 15.6. The van der Waals surface area contributed by atoms with Crippen LogP contribution in [-0.4, -0.2) is 35.7 Å². The first-order valence-electron chi connectivity index (χ1n) is 7.36. The molecule has 2 rings (SSSR count). The molecule has 1 fully saturated rings. The molecule has 1 aliphatic rings. The highest BCUT2D eigenvalue weighted by Gasteiger charge is 2.38. The highest BCUT2D eigenvalue weighted by molar-refractivity contribution is 8.00.